The normalized spacial score (nSPS) is 11.9. The zero-order valence-corrected chi connectivity index (χ0v) is 40.2. The molecule has 0 radical (unpaired) electrons. The van der Waals surface area contributed by atoms with Crippen LogP contribution in [0, 0.1) is 5.92 Å². The molecular weight excluding hydrogens is 733 g/mol. The number of hydrogen-bond donors (Lipinski definition) is 0. The van der Waals surface area contributed by atoms with Gasteiger partial charge in [-0.25, -0.2) is 0 Å². The molecular formula is C53H102O6. The lowest BCUT2D eigenvalue weighted by molar-refractivity contribution is -0.167. The van der Waals surface area contributed by atoms with Crippen molar-refractivity contribution in [2.24, 2.45) is 5.92 Å². The predicted octanol–water partition coefficient (Wildman–Crippen LogP) is 17.1. The molecule has 0 saturated heterocycles. The van der Waals surface area contributed by atoms with Crippen molar-refractivity contribution < 1.29 is 28.6 Å². The molecule has 0 rings (SSSR count). The lowest BCUT2D eigenvalue weighted by Gasteiger charge is -2.18. The van der Waals surface area contributed by atoms with Crippen LogP contribution in [0.5, 0.6) is 0 Å². The number of ether oxygens (including phenoxy) is 3. The monoisotopic (exact) mass is 835 g/mol. The number of carbonyl (C=O) groups is 3. The summed E-state index contributed by atoms with van der Waals surface area (Å²) in [6, 6.07) is 0. The van der Waals surface area contributed by atoms with Crippen LogP contribution in [0.25, 0.3) is 0 Å². The highest BCUT2D eigenvalue weighted by Crippen LogP contribution is 2.17. The van der Waals surface area contributed by atoms with Crippen molar-refractivity contribution in [3.8, 4) is 0 Å². The molecule has 0 spiro atoms. The van der Waals surface area contributed by atoms with E-state index < -0.39 is 6.10 Å². The van der Waals surface area contributed by atoms with Gasteiger partial charge < -0.3 is 14.2 Å². The van der Waals surface area contributed by atoms with Crippen LogP contribution >= 0.6 is 0 Å². The molecule has 1 atom stereocenters. The SMILES string of the molecule is CCCCCCCCCCCCCCCCCCCC(=O)O[C@H](COC(=O)CCCCCCCCCCCCCCCCC)COC(=O)CCCCCCCCC(C)C. The van der Waals surface area contributed by atoms with Gasteiger partial charge >= 0.3 is 17.9 Å². The van der Waals surface area contributed by atoms with E-state index in [1.807, 2.05) is 0 Å². The highest BCUT2D eigenvalue weighted by atomic mass is 16.6. The Morgan fingerprint density at radius 3 is 0.831 bits per heavy atom. The van der Waals surface area contributed by atoms with Gasteiger partial charge in [0.1, 0.15) is 13.2 Å². The van der Waals surface area contributed by atoms with Gasteiger partial charge in [-0.05, 0) is 25.2 Å². The molecule has 0 aromatic carbocycles. The molecule has 6 nitrogen and oxygen atoms in total. The van der Waals surface area contributed by atoms with Crippen LogP contribution in [-0.2, 0) is 28.6 Å². The van der Waals surface area contributed by atoms with Crippen LogP contribution in [0.15, 0.2) is 0 Å². The standard InChI is InChI=1S/C53H102O6/c1-5-7-9-11-13-15-17-19-21-22-24-26-28-30-32-38-42-46-53(56)59-50(48-58-52(55)45-41-37-34-33-35-39-43-49(3)4)47-57-51(54)44-40-36-31-29-27-25-23-20-18-16-14-12-10-8-6-2/h49-50H,5-48H2,1-4H3/t50-/m1/s1. The summed E-state index contributed by atoms with van der Waals surface area (Å²) in [4.78, 5) is 37.9. The Hall–Kier alpha value is -1.59. The first-order valence-electron chi connectivity index (χ1n) is 26.4. The fourth-order valence-electron chi connectivity index (χ4n) is 8.04. The molecule has 0 amide bonds. The molecule has 0 aliphatic rings. The van der Waals surface area contributed by atoms with Gasteiger partial charge in [-0.2, -0.15) is 0 Å². The summed E-state index contributed by atoms with van der Waals surface area (Å²) >= 11 is 0. The first-order chi connectivity index (χ1) is 28.9. The van der Waals surface area contributed by atoms with Gasteiger partial charge in [0.15, 0.2) is 6.10 Å². The maximum absolute atomic E-state index is 12.8. The van der Waals surface area contributed by atoms with E-state index in [1.165, 1.54) is 193 Å². The largest absolute Gasteiger partial charge is 0.462 e. The zero-order chi connectivity index (χ0) is 43.1. The van der Waals surface area contributed by atoms with Gasteiger partial charge in [0, 0.05) is 19.3 Å². The molecule has 350 valence electrons. The minimum Gasteiger partial charge on any atom is -0.462 e. The molecule has 59 heavy (non-hydrogen) atoms. The summed E-state index contributed by atoms with van der Waals surface area (Å²) in [6.07, 6.45) is 49.6. The molecule has 0 aliphatic heterocycles. The van der Waals surface area contributed by atoms with Crippen LogP contribution in [0.4, 0.5) is 0 Å². The van der Waals surface area contributed by atoms with Crippen molar-refractivity contribution in [2.45, 2.75) is 303 Å². The Labute approximate surface area is 368 Å². The summed E-state index contributed by atoms with van der Waals surface area (Å²) in [6.45, 7) is 8.97. The Morgan fingerprint density at radius 1 is 0.322 bits per heavy atom. The topological polar surface area (TPSA) is 78.9 Å². The van der Waals surface area contributed by atoms with E-state index >= 15 is 0 Å². The van der Waals surface area contributed by atoms with Crippen molar-refractivity contribution in [1.82, 2.24) is 0 Å². The van der Waals surface area contributed by atoms with E-state index in [4.69, 9.17) is 14.2 Å². The lowest BCUT2D eigenvalue weighted by atomic mass is 10.0. The second-order valence-corrected chi connectivity index (χ2v) is 18.6. The first-order valence-corrected chi connectivity index (χ1v) is 26.4. The summed E-state index contributed by atoms with van der Waals surface area (Å²) in [7, 11) is 0. The van der Waals surface area contributed by atoms with Gasteiger partial charge in [0.25, 0.3) is 0 Å². The maximum atomic E-state index is 12.8. The number of hydrogen-bond acceptors (Lipinski definition) is 6. The third kappa shape index (κ3) is 47.3. The summed E-state index contributed by atoms with van der Waals surface area (Å²) in [5.74, 6) is -0.0847. The second-order valence-electron chi connectivity index (χ2n) is 18.6. The van der Waals surface area contributed by atoms with E-state index in [0.717, 1.165) is 63.7 Å². The number of carbonyl (C=O) groups excluding carboxylic acids is 3. The molecule has 0 aromatic heterocycles. The van der Waals surface area contributed by atoms with Crippen LogP contribution < -0.4 is 0 Å². The number of unbranched alkanes of at least 4 members (excludes halogenated alkanes) is 35. The smallest absolute Gasteiger partial charge is 0.306 e. The molecule has 0 heterocycles. The average molecular weight is 835 g/mol. The second kappa shape index (κ2) is 47.5. The number of esters is 3. The maximum Gasteiger partial charge on any atom is 0.306 e. The Bertz CT molecular complexity index is 887. The molecule has 0 aliphatic carbocycles. The zero-order valence-electron chi connectivity index (χ0n) is 40.2. The lowest BCUT2D eigenvalue weighted by Crippen LogP contribution is -2.30. The van der Waals surface area contributed by atoms with Crippen LogP contribution in [0.1, 0.15) is 297 Å². The fraction of sp³-hybridized carbons (Fsp3) is 0.943. The third-order valence-electron chi connectivity index (χ3n) is 12.0. The molecule has 0 N–H and O–H groups in total. The molecule has 0 unspecified atom stereocenters. The number of rotatable bonds is 48. The van der Waals surface area contributed by atoms with Crippen LogP contribution in [0.2, 0.25) is 0 Å². The Balaban J connectivity index is 4.25. The van der Waals surface area contributed by atoms with Gasteiger partial charge in [-0.15, -0.1) is 0 Å². The third-order valence-corrected chi connectivity index (χ3v) is 12.0. The molecule has 0 aromatic rings. The highest BCUT2D eigenvalue weighted by molar-refractivity contribution is 5.71. The molecule has 0 saturated carbocycles. The van der Waals surface area contributed by atoms with Crippen LogP contribution in [0.3, 0.4) is 0 Å². The van der Waals surface area contributed by atoms with Crippen molar-refractivity contribution >= 4 is 17.9 Å². The van der Waals surface area contributed by atoms with Gasteiger partial charge in [-0.3, -0.25) is 14.4 Å². The van der Waals surface area contributed by atoms with Gasteiger partial charge in [0.05, 0.1) is 0 Å². The first kappa shape index (κ1) is 57.4. The van der Waals surface area contributed by atoms with Crippen LogP contribution in [-0.4, -0.2) is 37.2 Å². The summed E-state index contributed by atoms with van der Waals surface area (Å²) in [5, 5.41) is 0. The fourth-order valence-corrected chi connectivity index (χ4v) is 8.04. The summed E-state index contributed by atoms with van der Waals surface area (Å²) < 4.78 is 16.8. The van der Waals surface area contributed by atoms with Crippen molar-refractivity contribution in [2.75, 3.05) is 13.2 Å². The minimum atomic E-state index is -0.761. The predicted molar refractivity (Wildman–Crippen MR) is 252 cm³/mol. The summed E-state index contributed by atoms with van der Waals surface area (Å²) in [5.41, 5.74) is 0. The van der Waals surface area contributed by atoms with Gasteiger partial charge in [0.2, 0.25) is 0 Å². The van der Waals surface area contributed by atoms with E-state index in [0.29, 0.717) is 19.3 Å². The highest BCUT2D eigenvalue weighted by Gasteiger charge is 2.19. The van der Waals surface area contributed by atoms with E-state index in [2.05, 4.69) is 27.7 Å². The Kier molecular flexibility index (Phi) is 46.2. The molecule has 0 bridgehead atoms. The van der Waals surface area contributed by atoms with E-state index in [9.17, 15) is 14.4 Å². The van der Waals surface area contributed by atoms with E-state index in [1.54, 1.807) is 0 Å². The van der Waals surface area contributed by atoms with Crippen molar-refractivity contribution in [3.05, 3.63) is 0 Å². The molecule has 6 heteroatoms. The Morgan fingerprint density at radius 2 is 0.559 bits per heavy atom. The van der Waals surface area contributed by atoms with E-state index in [-0.39, 0.29) is 31.1 Å². The minimum absolute atomic E-state index is 0.0635. The molecule has 0 fully saturated rings. The average Bonchev–Trinajstić information content (AvgIpc) is 3.22. The van der Waals surface area contributed by atoms with Gasteiger partial charge in [-0.1, -0.05) is 259 Å². The quantitative estimate of drug-likeness (QED) is 0.0345. The van der Waals surface area contributed by atoms with Crippen molar-refractivity contribution in [1.29, 1.82) is 0 Å². The van der Waals surface area contributed by atoms with Crippen molar-refractivity contribution in [3.63, 3.8) is 0 Å².